The first-order valence-electron chi connectivity index (χ1n) is 8.14. The van der Waals surface area contributed by atoms with Gasteiger partial charge in [0.2, 0.25) is 10.0 Å². The Labute approximate surface area is 151 Å². The van der Waals surface area contributed by atoms with Crippen molar-refractivity contribution in [1.29, 1.82) is 0 Å². The summed E-state index contributed by atoms with van der Waals surface area (Å²) in [5.41, 5.74) is 0. The van der Waals surface area contributed by atoms with Crippen LogP contribution in [0.4, 0.5) is 0 Å². The van der Waals surface area contributed by atoms with Crippen LogP contribution in [-0.4, -0.2) is 56.2 Å². The number of rotatable bonds is 6. The highest BCUT2D eigenvalue weighted by molar-refractivity contribution is 7.89. The van der Waals surface area contributed by atoms with Crippen LogP contribution in [0.5, 0.6) is 5.75 Å². The summed E-state index contributed by atoms with van der Waals surface area (Å²) in [6.45, 7) is 1.77. The van der Waals surface area contributed by atoms with Crippen LogP contribution in [0.15, 0.2) is 23.1 Å². The van der Waals surface area contributed by atoms with E-state index in [1.165, 1.54) is 12.1 Å². The molecule has 2 atom stereocenters. The minimum absolute atomic E-state index is 0.0907. The topological polar surface area (TPSA) is 93.1 Å². The van der Waals surface area contributed by atoms with E-state index in [9.17, 15) is 18.3 Å². The normalized spacial score (nSPS) is 24.5. The molecule has 2 fully saturated rings. The molecule has 3 rings (SSSR count). The Hall–Kier alpha value is -1.35. The molecule has 0 spiro atoms. The molecule has 0 amide bonds. The van der Waals surface area contributed by atoms with Gasteiger partial charge in [0.25, 0.3) is 0 Å². The Morgan fingerprint density at radius 3 is 2.88 bits per heavy atom. The second-order valence-electron chi connectivity index (χ2n) is 6.24. The summed E-state index contributed by atoms with van der Waals surface area (Å²) in [5, 5.41) is 9.54. The van der Waals surface area contributed by atoms with Crippen molar-refractivity contribution in [1.82, 2.24) is 4.31 Å². The summed E-state index contributed by atoms with van der Waals surface area (Å²) in [6, 6.07) is 3.32. The molecular formula is C16H20ClNO6S. The average molecular weight is 390 g/mol. The zero-order valence-corrected chi connectivity index (χ0v) is 15.1. The van der Waals surface area contributed by atoms with E-state index >= 15 is 0 Å². The van der Waals surface area contributed by atoms with Gasteiger partial charge in [-0.15, -0.1) is 0 Å². The number of hydrogen-bond acceptors (Lipinski definition) is 5. The molecule has 2 unspecified atom stereocenters. The molecule has 1 aromatic carbocycles. The number of carbonyl (C=O) groups is 1. The van der Waals surface area contributed by atoms with E-state index in [4.69, 9.17) is 21.1 Å². The summed E-state index contributed by atoms with van der Waals surface area (Å²) < 4.78 is 38.1. The van der Waals surface area contributed by atoms with Crippen LogP contribution >= 0.6 is 11.6 Å². The number of benzene rings is 1. The standard InChI is InChI=1S/C16H20ClNO6S/c17-12-3-4-14(24-10-11-5-7-23-9-11)15(8-12)25(21,22)18-6-1-2-13(18)16(19)20/h3-4,8,11,13H,1-2,5-7,9-10H2,(H,19,20). The van der Waals surface area contributed by atoms with Crippen LogP contribution in [0, 0.1) is 5.92 Å². The van der Waals surface area contributed by atoms with Crippen LogP contribution in [0.25, 0.3) is 0 Å². The predicted octanol–water partition coefficient (Wildman–Crippen LogP) is 1.99. The smallest absolute Gasteiger partial charge is 0.322 e. The monoisotopic (exact) mass is 389 g/mol. The van der Waals surface area contributed by atoms with Gasteiger partial charge in [0.05, 0.1) is 13.2 Å². The van der Waals surface area contributed by atoms with Gasteiger partial charge in [-0.1, -0.05) is 11.6 Å². The number of carboxylic acid groups (broad SMARTS) is 1. The fourth-order valence-electron chi connectivity index (χ4n) is 3.13. The van der Waals surface area contributed by atoms with Crippen LogP contribution in [-0.2, 0) is 19.6 Å². The number of ether oxygens (including phenoxy) is 2. The highest BCUT2D eigenvalue weighted by Gasteiger charge is 2.40. The first kappa shape index (κ1) is 18.4. The van der Waals surface area contributed by atoms with E-state index in [1.807, 2.05) is 0 Å². The van der Waals surface area contributed by atoms with Gasteiger partial charge >= 0.3 is 5.97 Å². The second-order valence-corrected chi connectivity index (χ2v) is 8.54. The summed E-state index contributed by atoms with van der Waals surface area (Å²) in [4.78, 5) is 11.3. The maximum Gasteiger partial charge on any atom is 0.322 e. The number of halogens is 1. The SMILES string of the molecule is O=C(O)C1CCCN1S(=O)(=O)c1cc(Cl)ccc1OCC1CCOC1. The fraction of sp³-hybridized carbons (Fsp3) is 0.562. The van der Waals surface area contributed by atoms with Gasteiger partial charge in [0.1, 0.15) is 16.7 Å². The minimum Gasteiger partial charge on any atom is -0.492 e. The lowest BCUT2D eigenvalue weighted by Gasteiger charge is -2.23. The van der Waals surface area contributed by atoms with Crippen molar-refractivity contribution >= 4 is 27.6 Å². The molecule has 7 nitrogen and oxygen atoms in total. The number of aliphatic carboxylic acids is 1. The van der Waals surface area contributed by atoms with E-state index in [-0.39, 0.29) is 28.1 Å². The summed E-state index contributed by atoms with van der Waals surface area (Å²) in [7, 11) is -4.02. The largest absolute Gasteiger partial charge is 0.492 e. The van der Waals surface area contributed by atoms with Crippen molar-refractivity contribution < 1.29 is 27.8 Å². The van der Waals surface area contributed by atoms with E-state index in [2.05, 4.69) is 0 Å². The van der Waals surface area contributed by atoms with Crippen LogP contribution < -0.4 is 4.74 Å². The molecule has 0 saturated carbocycles. The highest BCUT2D eigenvalue weighted by Crippen LogP contribution is 2.34. The first-order valence-corrected chi connectivity index (χ1v) is 9.96. The molecular weight excluding hydrogens is 370 g/mol. The Morgan fingerprint density at radius 1 is 1.40 bits per heavy atom. The third-order valence-corrected chi connectivity index (χ3v) is 6.64. The van der Waals surface area contributed by atoms with Crippen LogP contribution in [0.3, 0.4) is 0 Å². The minimum atomic E-state index is -4.02. The van der Waals surface area contributed by atoms with Gasteiger partial charge in [-0.3, -0.25) is 4.79 Å². The Morgan fingerprint density at radius 2 is 2.20 bits per heavy atom. The fourth-order valence-corrected chi connectivity index (χ4v) is 5.17. The number of carboxylic acids is 1. The van der Waals surface area contributed by atoms with Crippen molar-refractivity contribution in [2.45, 2.75) is 30.2 Å². The van der Waals surface area contributed by atoms with Crippen molar-refractivity contribution in [3.8, 4) is 5.75 Å². The summed E-state index contributed by atoms with van der Waals surface area (Å²) >= 11 is 5.98. The van der Waals surface area contributed by atoms with Gasteiger partial charge in [-0.05, 0) is 37.5 Å². The summed E-state index contributed by atoms with van der Waals surface area (Å²) in [5.74, 6) is -0.745. The lowest BCUT2D eigenvalue weighted by Crippen LogP contribution is -2.40. The first-order chi connectivity index (χ1) is 11.9. The van der Waals surface area contributed by atoms with Gasteiger partial charge in [0.15, 0.2) is 0 Å². The van der Waals surface area contributed by atoms with E-state index in [1.54, 1.807) is 6.07 Å². The van der Waals surface area contributed by atoms with Gasteiger partial charge in [-0.25, -0.2) is 8.42 Å². The molecule has 9 heteroatoms. The molecule has 1 aromatic rings. The second kappa shape index (κ2) is 7.49. The molecule has 2 aliphatic rings. The highest BCUT2D eigenvalue weighted by atomic mass is 35.5. The Balaban J connectivity index is 1.88. The van der Waals surface area contributed by atoms with Gasteiger partial charge in [0, 0.05) is 24.1 Å². The molecule has 2 saturated heterocycles. The predicted molar refractivity (Wildman–Crippen MR) is 90.4 cm³/mol. The zero-order chi connectivity index (χ0) is 18.0. The molecule has 0 bridgehead atoms. The van der Waals surface area contributed by atoms with Crippen molar-refractivity contribution in [2.24, 2.45) is 5.92 Å². The Bertz CT molecular complexity index is 747. The number of nitrogens with zero attached hydrogens (tertiary/aromatic N) is 1. The third kappa shape index (κ3) is 3.92. The molecule has 0 aromatic heterocycles. The molecule has 1 N–H and O–H groups in total. The van der Waals surface area contributed by atoms with Crippen molar-refractivity contribution in [3.05, 3.63) is 23.2 Å². The maximum absolute atomic E-state index is 13.0. The molecule has 2 heterocycles. The molecule has 0 aliphatic carbocycles. The van der Waals surface area contributed by atoms with Crippen LogP contribution in [0.2, 0.25) is 5.02 Å². The Kier molecular flexibility index (Phi) is 5.52. The summed E-state index contributed by atoms with van der Waals surface area (Å²) in [6.07, 6.45) is 1.67. The quantitative estimate of drug-likeness (QED) is 0.799. The maximum atomic E-state index is 13.0. The zero-order valence-electron chi connectivity index (χ0n) is 13.6. The van der Waals surface area contributed by atoms with Crippen molar-refractivity contribution in [3.63, 3.8) is 0 Å². The third-order valence-electron chi connectivity index (χ3n) is 4.48. The van der Waals surface area contributed by atoms with E-state index in [0.29, 0.717) is 32.7 Å². The average Bonchev–Trinajstić information content (AvgIpc) is 3.25. The van der Waals surface area contributed by atoms with Crippen molar-refractivity contribution in [2.75, 3.05) is 26.4 Å². The molecule has 25 heavy (non-hydrogen) atoms. The molecule has 138 valence electrons. The molecule has 2 aliphatic heterocycles. The number of sulfonamides is 1. The van der Waals surface area contributed by atoms with Gasteiger partial charge < -0.3 is 14.6 Å². The molecule has 0 radical (unpaired) electrons. The van der Waals surface area contributed by atoms with E-state index in [0.717, 1.165) is 10.7 Å². The van der Waals surface area contributed by atoms with Crippen LogP contribution in [0.1, 0.15) is 19.3 Å². The number of hydrogen-bond donors (Lipinski definition) is 1. The van der Waals surface area contributed by atoms with E-state index < -0.39 is 22.0 Å². The lowest BCUT2D eigenvalue weighted by atomic mass is 10.1. The lowest BCUT2D eigenvalue weighted by molar-refractivity contribution is -0.140. The van der Waals surface area contributed by atoms with Gasteiger partial charge in [-0.2, -0.15) is 4.31 Å².